The van der Waals surface area contributed by atoms with Crippen molar-refractivity contribution < 1.29 is 9.84 Å². The molecule has 21 heavy (non-hydrogen) atoms. The van der Waals surface area contributed by atoms with Crippen LogP contribution in [0.1, 0.15) is 25.5 Å². The summed E-state index contributed by atoms with van der Waals surface area (Å²) in [7, 11) is 3.88. The first-order valence-corrected chi connectivity index (χ1v) is 7.04. The van der Waals surface area contributed by atoms with Gasteiger partial charge in [0.1, 0.15) is 11.8 Å². The topological polar surface area (TPSA) is 68.5 Å². The molecule has 0 aromatic heterocycles. The lowest BCUT2D eigenvalue weighted by Gasteiger charge is -2.29. The third-order valence-electron chi connectivity index (χ3n) is 3.13. The van der Waals surface area contributed by atoms with E-state index in [9.17, 15) is 5.11 Å². The zero-order valence-corrected chi connectivity index (χ0v) is 13.3. The van der Waals surface area contributed by atoms with Crippen molar-refractivity contribution in [1.29, 1.82) is 5.26 Å². The Morgan fingerprint density at radius 1 is 1.38 bits per heavy atom. The molecule has 1 rings (SSSR count). The highest BCUT2D eigenvalue weighted by molar-refractivity contribution is 5.29. The maximum atomic E-state index is 10.3. The van der Waals surface area contributed by atoms with E-state index >= 15 is 0 Å². The third-order valence-corrected chi connectivity index (χ3v) is 3.13. The SMILES string of the molecule is CC(NCC(C)(O)CN(C)C)c1ccc(OCC#N)cc1. The van der Waals surface area contributed by atoms with Gasteiger partial charge in [0.15, 0.2) is 6.61 Å². The molecule has 1 aromatic rings. The number of nitrogens with zero attached hydrogens (tertiary/aromatic N) is 2. The summed E-state index contributed by atoms with van der Waals surface area (Å²) in [6, 6.07) is 9.69. The number of hydrogen-bond acceptors (Lipinski definition) is 5. The molecule has 0 bridgehead atoms. The number of hydrogen-bond donors (Lipinski definition) is 2. The fourth-order valence-corrected chi connectivity index (χ4v) is 2.20. The summed E-state index contributed by atoms with van der Waals surface area (Å²) in [5.41, 5.74) is 0.341. The molecule has 5 heteroatoms. The molecule has 0 fully saturated rings. The number of aliphatic hydroxyl groups is 1. The van der Waals surface area contributed by atoms with Gasteiger partial charge in [-0.25, -0.2) is 0 Å². The summed E-state index contributed by atoms with van der Waals surface area (Å²) < 4.78 is 5.22. The molecule has 2 N–H and O–H groups in total. The summed E-state index contributed by atoms with van der Waals surface area (Å²) in [6.07, 6.45) is 0. The van der Waals surface area contributed by atoms with E-state index in [-0.39, 0.29) is 12.6 Å². The first-order chi connectivity index (χ1) is 9.84. The van der Waals surface area contributed by atoms with Crippen LogP contribution in [0.25, 0.3) is 0 Å². The Hall–Kier alpha value is -1.61. The van der Waals surface area contributed by atoms with Gasteiger partial charge in [-0.2, -0.15) is 5.26 Å². The van der Waals surface area contributed by atoms with Gasteiger partial charge in [0.05, 0.1) is 5.60 Å². The van der Waals surface area contributed by atoms with Crippen LogP contribution in [0.15, 0.2) is 24.3 Å². The van der Waals surface area contributed by atoms with Gasteiger partial charge in [-0.15, -0.1) is 0 Å². The van der Waals surface area contributed by atoms with Crippen LogP contribution >= 0.6 is 0 Å². The van der Waals surface area contributed by atoms with Crippen LogP contribution in [0.5, 0.6) is 5.75 Å². The molecular formula is C16H25N3O2. The van der Waals surface area contributed by atoms with Crippen molar-refractivity contribution >= 4 is 0 Å². The van der Waals surface area contributed by atoms with Crippen LogP contribution in [0.2, 0.25) is 0 Å². The molecule has 0 heterocycles. The standard InChI is InChI=1S/C16H25N3O2/c1-13(18-11-16(2,20)12-19(3)4)14-5-7-15(8-6-14)21-10-9-17/h5-8,13,18,20H,10-12H2,1-4H3. The lowest BCUT2D eigenvalue weighted by Crippen LogP contribution is -2.46. The van der Waals surface area contributed by atoms with E-state index in [0.29, 0.717) is 18.8 Å². The van der Waals surface area contributed by atoms with Crippen molar-refractivity contribution in [2.45, 2.75) is 25.5 Å². The van der Waals surface area contributed by atoms with Crippen molar-refractivity contribution in [2.24, 2.45) is 0 Å². The number of nitrogens with one attached hydrogen (secondary N) is 1. The van der Waals surface area contributed by atoms with E-state index in [1.54, 1.807) is 0 Å². The smallest absolute Gasteiger partial charge is 0.174 e. The molecule has 0 saturated carbocycles. The van der Waals surface area contributed by atoms with Gasteiger partial charge < -0.3 is 20.1 Å². The Labute approximate surface area is 127 Å². The summed E-state index contributed by atoms with van der Waals surface area (Å²) in [4.78, 5) is 1.97. The van der Waals surface area contributed by atoms with Crippen LogP contribution in [0, 0.1) is 11.3 Å². The summed E-state index contributed by atoms with van der Waals surface area (Å²) in [5.74, 6) is 0.687. The molecule has 0 saturated heterocycles. The normalized spacial score (nSPS) is 15.3. The van der Waals surface area contributed by atoms with Crippen molar-refractivity contribution in [3.8, 4) is 11.8 Å². The van der Waals surface area contributed by atoms with Crippen LogP contribution in [-0.4, -0.2) is 49.4 Å². The van der Waals surface area contributed by atoms with Crippen molar-refractivity contribution in [3.63, 3.8) is 0 Å². The van der Waals surface area contributed by atoms with Gasteiger partial charge >= 0.3 is 0 Å². The molecule has 2 unspecified atom stereocenters. The third kappa shape index (κ3) is 6.58. The Bertz CT molecular complexity index is 463. The predicted octanol–water partition coefficient (Wildman–Crippen LogP) is 1.55. The van der Waals surface area contributed by atoms with E-state index in [4.69, 9.17) is 10.00 Å². The van der Waals surface area contributed by atoms with Gasteiger partial charge in [0.25, 0.3) is 0 Å². The second-order valence-corrected chi connectivity index (χ2v) is 5.85. The van der Waals surface area contributed by atoms with E-state index in [0.717, 1.165) is 5.56 Å². The monoisotopic (exact) mass is 291 g/mol. The lowest BCUT2D eigenvalue weighted by molar-refractivity contribution is 0.0317. The molecular weight excluding hydrogens is 266 g/mol. The minimum absolute atomic E-state index is 0.0561. The summed E-state index contributed by atoms with van der Waals surface area (Å²) in [6.45, 7) is 5.05. The Morgan fingerprint density at radius 3 is 2.52 bits per heavy atom. The minimum Gasteiger partial charge on any atom is -0.479 e. The van der Waals surface area contributed by atoms with E-state index < -0.39 is 5.60 Å². The average molecular weight is 291 g/mol. The van der Waals surface area contributed by atoms with Gasteiger partial charge in [0, 0.05) is 19.1 Å². The van der Waals surface area contributed by atoms with Gasteiger partial charge in [0.2, 0.25) is 0 Å². The molecule has 0 aliphatic rings. The second-order valence-electron chi connectivity index (χ2n) is 5.85. The largest absolute Gasteiger partial charge is 0.479 e. The highest BCUT2D eigenvalue weighted by atomic mass is 16.5. The molecule has 0 aliphatic carbocycles. The maximum absolute atomic E-state index is 10.3. The van der Waals surface area contributed by atoms with Crippen LogP contribution in [0.3, 0.4) is 0 Å². The molecule has 1 aromatic carbocycles. The van der Waals surface area contributed by atoms with E-state index in [2.05, 4.69) is 12.2 Å². The number of nitriles is 1. The first kappa shape index (κ1) is 17.4. The fraction of sp³-hybridized carbons (Fsp3) is 0.562. The van der Waals surface area contributed by atoms with Gasteiger partial charge in [-0.1, -0.05) is 12.1 Å². The number of likely N-dealkylation sites (N-methyl/N-ethyl adjacent to an activating group) is 1. The zero-order valence-electron chi connectivity index (χ0n) is 13.3. The number of benzene rings is 1. The second kappa shape index (κ2) is 7.99. The Balaban J connectivity index is 2.52. The average Bonchev–Trinajstić information content (AvgIpc) is 2.42. The van der Waals surface area contributed by atoms with Crippen molar-refractivity contribution in [2.75, 3.05) is 33.8 Å². The molecule has 0 spiro atoms. The highest BCUT2D eigenvalue weighted by Gasteiger charge is 2.22. The van der Waals surface area contributed by atoms with Crippen LogP contribution < -0.4 is 10.1 Å². The highest BCUT2D eigenvalue weighted by Crippen LogP contribution is 2.18. The number of rotatable bonds is 8. The first-order valence-electron chi connectivity index (χ1n) is 7.04. The minimum atomic E-state index is -0.770. The molecule has 0 amide bonds. The summed E-state index contributed by atoms with van der Waals surface area (Å²) in [5, 5.41) is 22.1. The quantitative estimate of drug-likeness (QED) is 0.760. The predicted molar refractivity (Wildman–Crippen MR) is 83.1 cm³/mol. The van der Waals surface area contributed by atoms with Crippen molar-refractivity contribution in [3.05, 3.63) is 29.8 Å². The summed E-state index contributed by atoms with van der Waals surface area (Å²) >= 11 is 0. The fourth-order valence-electron chi connectivity index (χ4n) is 2.20. The molecule has 0 radical (unpaired) electrons. The van der Waals surface area contributed by atoms with Crippen molar-refractivity contribution in [1.82, 2.24) is 10.2 Å². The number of ether oxygens (including phenoxy) is 1. The van der Waals surface area contributed by atoms with E-state index in [1.165, 1.54) is 0 Å². The van der Waals surface area contributed by atoms with Crippen LogP contribution in [0.4, 0.5) is 0 Å². The zero-order chi connectivity index (χ0) is 15.9. The van der Waals surface area contributed by atoms with Crippen LogP contribution in [-0.2, 0) is 0 Å². The lowest BCUT2D eigenvalue weighted by atomic mass is 10.0. The maximum Gasteiger partial charge on any atom is 0.174 e. The Morgan fingerprint density at radius 2 is 2.00 bits per heavy atom. The van der Waals surface area contributed by atoms with Gasteiger partial charge in [-0.05, 0) is 45.6 Å². The van der Waals surface area contributed by atoms with E-state index in [1.807, 2.05) is 56.3 Å². The molecule has 2 atom stereocenters. The van der Waals surface area contributed by atoms with Gasteiger partial charge in [-0.3, -0.25) is 0 Å². The Kier molecular flexibility index (Phi) is 6.63. The molecule has 0 aliphatic heterocycles. The molecule has 116 valence electrons. The molecule has 5 nitrogen and oxygen atoms in total.